The lowest BCUT2D eigenvalue weighted by Gasteiger charge is -2.43. The van der Waals surface area contributed by atoms with Gasteiger partial charge < -0.3 is 32.6 Å². The minimum atomic E-state index is -2.47. The summed E-state index contributed by atoms with van der Waals surface area (Å²) in [6, 6.07) is 29.0. The van der Waals surface area contributed by atoms with Crippen LogP contribution in [-0.2, 0) is 46.7 Å². The van der Waals surface area contributed by atoms with Crippen LogP contribution in [0, 0.1) is 16.7 Å². The van der Waals surface area contributed by atoms with Crippen molar-refractivity contribution >= 4 is 22.6 Å². The summed E-state index contributed by atoms with van der Waals surface area (Å²) in [4.78, 5) is 12.5. The van der Waals surface area contributed by atoms with Gasteiger partial charge >= 0.3 is 5.97 Å². The summed E-state index contributed by atoms with van der Waals surface area (Å²) in [6.07, 6.45) is 1.73. The van der Waals surface area contributed by atoms with Crippen LogP contribution >= 0.6 is 8.30 Å². The van der Waals surface area contributed by atoms with Crippen LogP contribution in [-0.4, -0.2) is 97.4 Å². The largest absolute Gasteiger partial charge is 0.497 e. The number of carbonyl (C=O) groups excluding carboxylic acids is 1. The Balaban J connectivity index is 1.63. The molecule has 13 nitrogen and oxygen atoms in total. The van der Waals surface area contributed by atoms with E-state index in [1.54, 1.807) is 14.2 Å². The lowest BCUT2D eigenvalue weighted by molar-refractivity contribution is -0.157. The Morgan fingerprint density at radius 3 is 1.91 bits per heavy atom. The molecule has 1 aliphatic heterocycles. The molecule has 5 rings (SSSR count). The fraction of sp³-hybridized carbons (Fsp3) is 0.569. The number of hydrogen-bond acceptors (Lipinski definition) is 12. The second-order valence-electron chi connectivity index (χ2n) is 20.1. The van der Waals surface area contributed by atoms with Crippen molar-refractivity contribution in [3.05, 3.63) is 107 Å². The molecule has 4 aromatic rings. The lowest BCUT2D eigenvalue weighted by atomic mass is 9.80. The molecule has 1 aromatic heterocycles. The Hall–Kier alpha value is -4.19. The Labute approximate surface area is 396 Å². The Kier molecular flexibility index (Phi) is 18.2. The van der Waals surface area contributed by atoms with Gasteiger partial charge in [0.1, 0.15) is 43.7 Å². The molecule has 5 atom stereocenters. The van der Waals surface area contributed by atoms with Gasteiger partial charge in [0, 0.05) is 24.7 Å². The molecule has 2 heterocycles. The molecular weight excluding hydrogens is 870 g/mol. The molecule has 1 saturated heterocycles. The monoisotopic (exact) mass is 944 g/mol. The molecule has 1 aliphatic rings. The normalized spacial score (nSPS) is 18.7. The van der Waals surface area contributed by atoms with Crippen molar-refractivity contribution in [3.63, 3.8) is 0 Å². The van der Waals surface area contributed by atoms with Crippen molar-refractivity contribution in [2.45, 2.75) is 155 Å². The highest BCUT2D eigenvalue weighted by Crippen LogP contribution is 2.51. The summed E-state index contributed by atoms with van der Waals surface area (Å²) >= 11 is 0. The first kappa shape index (κ1) is 52.8. The van der Waals surface area contributed by atoms with E-state index in [2.05, 4.69) is 94.7 Å². The molecule has 66 heavy (non-hydrogen) atoms. The third-order valence-electron chi connectivity index (χ3n) is 12.5. The van der Waals surface area contributed by atoms with Gasteiger partial charge in [0.25, 0.3) is 0 Å². The molecule has 0 bridgehead atoms. The van der Waals surface area contributed by atoms with Crippen molar-refractivity contribution in [1.29, 1.82) is 5.26 Å². The van der Waals surface area contributed by atoms with Crippen LogP contribution in [0.15, 0.2) is 85.1 Å². The molecule has 15 heteroatoms. The number of esters is 1. The molecule has 1 fully saturated rings. The van der Waals surface area contributed by atoms with E-state index in [0.717, 1.165) is 33.9 Å². The van der Waals surface area contributed by atoms with Gasteiger partial charge in [-0.25, -0.2) is 4.68 Å². The zero-order chi connectivity index (χ0) is 48.5. The first-order valence-electron chi connectivity index (χ1n) is 23.1. The van der Waals surface area contributed by atoms with Crippen molar-refractivity contribution in [2.24, 2.45) is 5.41 Å². The van der Waals surface area contributed by atoms with E-state index in [-0.39, 0.29) is 36.4 Å². The SMILES string of the molecule is COc1ccc(C(OC[C@H]2O[C@@H](CCc3cn(COC(=O)C(C)(C)C)nn3)[C@H](O[Si](C)(C)C(C)(C)C)[C@@H]2OP(CCC#N)N(C(C)C)C(C)C)(c2ccccc2)c2ccc(OC)cc2)cc1. The first-order chi connectivity index (χ1) is 31.1. The van der Waals surface area contributed by atoms with Crippen LogP contribution in [0.25, 0.3) is 0 Å². The second kappa shape index (κ2) is 22.7. The van der Waals surface area contributed by atoms with Gasteiger partial charge in [-0.05, 0) is 120 Å². The van der Waals surface area contributed by atoms with E-state index >= 15 is 0 Å². The van der Waals surface area contributed by atoms with Crippen molar-refractivity contribution < 1.29 is 37.4 Å². The van der Waals surface area contributed by atoms with Crippen LogP contribution in [0.1, 0.15) is 104 Å². The fourth-order valence-corrected chi connectivity index (χ4v) is 11.6. The van der Waals surface area contributed by atoms with Gasteiger partial charge in [-0.15, -0.1) is 5.10 Å². The third-order valence-corrected chi connectivity index (χ3v) is 19.5. The minimum Gasteiger partial charge on any atom is -0.497 e. The lowest BCUT2D eigenvalue weighted by Crippen LogP contribution is -2.50. The van der Waals surface area contributed by atoms with Crippen molar-refractivity contribution in [1.82, 2.24) is 19.7 Å². The van der Waals surface area contributed by atoms with Gasteiger partial charge in [0.15, 0.2) is 15.0 Å². The second-order valence-corrected chi connectivity index (χ2v) is 26.7. The maximum Gasteiger partial charge on any atom is 0.313 e. The average Bonchev–Trinajstić information content (AvgIpc) is 3.86. The van der Waals surface area contributed by atoms with Crippen LogP contribution < -0.4 is 9.47 Å². The van der Waals surface area contributed by atoms with Crippen molar-refractivity contribution in [3.8, 4) is 17.6 Å². The van der Waals surface area contributed by atoms with Crippen LogP contribution in [0.4, 0.5) is 0 Å². The molecular formula is C51H74N5O8PSi. The van der Waals surface area contributed by atoms with E-state index in [1.165, 1.54) is 4.68 Å². The summed E-state index contributed by atoms with van der Waals surface area (Å²) in [5.41, 5.74) is 1.72. The predicted octanol–water partition coefficient (Wildman–Crippen LogP) is 10.7. The molecule has 0 spiro atoms. The summed E-state index contributed by atoms with van der Waals surface area (Å²) < 4.78 is 50.5. The van der Waals surface area contributed by atoms with Gasteiger partial charge in [-0.3, -0.25) is 9.46 Å². The Morgan fingerprint density at radius 2 is 1.41 bits per heavy atom. The molecule has 0 saturated carbocycles. The highest BCUT2D eigenvalue weighted by molar-refractivity contribution is 7.50. The number of methoxy groups -OCH3 is 2. The number of aryl methyl sites for hydroxylation is 1. The first-order valence-corrected chi connectivity index (χ1v) is 27.4. The summed E-state index contributed by atoms with van der Waals surface area (Å²) in [7, 11) is -0.446. The van der Waals surface area contributed by atoms with Crippen LogP contribution in [0.2, 0.25) is 18.1 Å². The number of nitrogens with zero attached hydrogens (tertiary/aromatic N) is 5. The highest BCUT2D eigenvalue weighted by atomic mass is 31.2. The van der Waals surface area contributed by atoms with Gasteiger partial charge in [0.05, 0.1) is 50.3 Å². The maximum atomic E-state index is 12.5. The van der Waals surface area contributed by atoms with Gasteiger partial charge in [0.2, 0.25) is 0 Å². The summed E-state index contributed by atoms with van der Waals surface area (Å²) in [5, 5.41) is 18.5. The van der Waals surface area contributed by atoms with Gasteiger partial charge in [-0.1, -0.05) is 80.6 Å². The average molecular weight is 944 g/mol. The molecule has 0 aliphatic carbocycles. The van der Waals surface area contributed by atoms with Gasteiger partial charge in [-0.2, -0.15) is 5.26 Å². The maximum absolute atomic E-state index is 12.5. The topological polar surface area (TPSA) is 139 Å². The van der Waals surface area contributed by atoms with Crippen LogP contribution in [0.3, 0.4) is 0 Å². The fourth-order valence-electron chi connectivity index (χ4n) is 8.01. The number of carbonyl (C=O) groups is 1. The molecule has 0 N–H and O–H groups in total. The molecule has 0 radical (unpaired) electrons. The molecule has 1 unspecified atom stereocenters. The number of hydrogen-bond donors (Lipinski definition) is 0. The summed E-state index contributed by atoms with van der Waals surface area (Å²) in [6.45, 7) is 25.5. The number of rotatable bonds is 22. The smallest absolute Gasteiger partial charge is 0.313 e. The van der Waals surface area contributed by atoms with E-state index in [4.69, 9.17) is 32.6 Å². The summed E-state index contributed by atoms with van der Waals surface area (Å²) in [5.74, 6) is 1.14. The zero-order valence-electron chi connectivity index (χ0n) is 41.7. The van der Waals surface area contributed by atoms with E-state index in [0.29, 0.717) is 25.4 Å². The third kappa shape index (κ3) is 12.9. The number of nitriles is 1. The van der Waals surface area contributed by atoms with Crippen molar-refractivity contribution in [2.75, 3.05) is 27.0 Å². The van der Waals surface area contributed by atoms with E-state index in [9.17, 15) is 10.1 Å². The molecule has 0 amide bonds. The number of aromatic nitrogens is 3. The predicted molar refractivity (Wildman–Crippen MR) is 262 cm³/mol. The minimum absolute atomic E-state index is 0.0323. The Bertz CT molecular complexity index is 2110. The zero-order valence-corrected chi connectivity index (χ0v) is 43.6. The quantitative estimate of drug-likeness (QED) is 0.0321. The highest BCUT2D eigenvalue weighted by Gasteiger charge is 2.53. The number of ether oxygens (including phenoxy) is 5. The Morgan fingerprint density at radius 1 is 0.848 bits per heavy atom. The van der Waals surface area contributed by atoms with E-state index in [1.807, 2.05) is 93.7 Å². The molecule has 360 valence electrons. The van der Waals surface area contributed by atoms with Crippen LogP contribution in [0.5, 0.6) is 11.5 Å². The van der Waals surface area contributed by atoms with E-state index < -0.39 is 52.0 Å². The standard InChI is InChI=1S/C51H74N5O8PSi/c1-36(2)56(37(3)4)65(32-18-31-52)63-46-45(34-61-51(38-19-16-15-17-20-38,39-21-26-42(58-11)27-22-39)40-23-28-43(59-12)29-24-40)62-44(47(46)64-66(13,14)50(8,9)10)30-25-41-33-55(54-53-41)35-60-48(57)49(5,6)7/h15-17,19-24,26-29,33,36-37,44-47H,18,25,30,32,34-35H2,1-14H3/t44-,45+,46+,47-,65?/m0/s1. The molecule has 3 aromatic carbocycles. The number of benzene rings is 3.